The lowest BCUT2D eigenvalue weighted by atomic mass is 10.1. The van der Waals surface area contributed by atoms with Gasteiger partial charge in [-0.1, -0.05) is 0 Å². The fourth-order valence-corrected chi connectivity index (χ4v) is 3.93. The molecule has 1 atom stereocenters. The summed E-state index contributed by atoms with van der Waals surface area (Å²) in [5.74, 6) is 1.11. The number of amides is 1. The minimum Gasteiger partial charge on any atom is -0.497 e. The molecule has 1 aromatic heterocycles. The largest absolute Gasteiger partial charge is 0.497 e. The van der Waals surface area contributed by atoms with Crippen molar-refractivity contribution in [3.63, 3.8) is 0 Å². The van der Waals surface area contributed by atoms with Crippen LogP contribution in [0, 0.1) is 0 Å². The van der Waals surface area contributed by atoms with Gasteiger partial charge >= 0.3 is 0 Å². The summed E-state index contributed by atoms with van der Waals surface area (Å²) in [5, 5.41) is 7.46. The van der Waals surface area contributed by atoms with Gasteiger partial charge in [0.15, 0.2) is 0 Å². The minimum atomic E-state index is -0.235. The molecule has 8 heteroatoms. The fraction of sp³-hybridized carbons (Fsp3) is 0.333. The quantitative estimate of drug-likeness (QED) is 0.610. The summed E-state index contributed by atoms with van der Waals surface area (Å²) in [6.45, 7) is 1.85. The third-order valence-corrected chi connectivity index (χ3v) is 5.76. The zero-order chi connectivity index (χ0) is 22.7. The molecule has 32 heavy (non-hydrogen) atoms. The number of carbonyl (C=O) groups is 1. The summed E-state index contributed by atoms with van der Waals surface area (Å²) < 4.78 is 17.8. The molecule has 0 radical (unpaired) electrons. The van der Waals surface area contributed by atoms with Gasteiger partial charge in [0.1, 0.15) is 17.2 Å². The van der Waals surface area contributed by atoms with Crippen LogP contribution in [0.1, 0.15) is 16.9 Å². The van der Waals surface area contributed by atoms with E-state index < -0.39 is 0 Å². The Labute approximate surface area is 187 Å². The second kappa shape index (κ2) is 9.32. The molecule has 1 fully saturated rings. The van der Waals surface area contributed by atoms with Crippen LogP contribution in [0.5, 0.6) is 11.5 Å². The van der Waals surface area contributed by atoms with Gasteiger partial charge in [0.2, 0.25) is 0 Å². The number of hydrogen-bond donors (Lipinski definition) is 1. The number of methoxy groups -OCH3 is 3. The van der Waals surface area contributed by atoms with Crippen molar-refractivity contribution in [2.24, 2.45) is 7.05 Å². The molecule has 0 bridgehead atoms. The van der Waals surface area contributed by atoms with E-state index in [1.807, 2.05) is 42.5 Å². The normalized spacial score (nSPS) is 15.6. The van der Waals surface area contributed by atoms with Crippen molar-refractivity contribution in [2.75, 3.05) is 44.6 Å². The molecule has 2 heterocycles. The number of rotatable bonds is 7. The molecule has 0 aliphatic carbocycles. The Morgan fingerprint density at radius 1 is 1.06 bits per heavy atom. The van der Waals surface area contributed by atoms with E-state index in [1.165, 1.54) is 0 Å². The number of carbonyl (C=O) groups excluding carboxylic acids is 1. The van der Waals surface area contributed by atoms with Gasteiger partial charge < -0.3 is 24.4 Å². The lowest BCUT2D eigenvalue weighted by molar-refractivity contribution is 0.101. The minimum absolute atomic E-state index is 0.235. The average Bonchev–Trinajstić information content (AvgIpc) is 3.46. The van der Waals surface area contributed by atoms with E-state index in [0.717, 1.165) is 36.4 Å². The average molecular weight is 437 g/mol. The number of nitrogens with zero attached hydrogens (tertiary/aromatic N) is 3. The Morgan fingerprint density at radius 2 is 1.84 bits per heavy atom. The Morgan fingerprint density at radius 3 is 2.50 bits per heavy atom. The molecule has 168 valence electrons. The van der Waals surface area contributed by atoms with Gasteiger partial charge in [-0.25, -0.2) is 0 Å². The number of ether oxygens (including phenoxy) is 3. The number of anilines is 2. The molecule has 1 N–H and O–H groups in total. The molecule has 0 unspecified atom stereocenters. The molecule has 3 aromatic rings. The maximum atomic E-state index is 12.9. The van der Waals surface area contributed by atoms with E-state index in [1.54, 1.807) is 39.1 Å². The van der Waals surface area contributed by atoms with Crippen LogP contribution < -0.4 is 19.7 Å². The summed E-state index contributed by atoms with van der Waals surface area (Å²) >= 11 is 0. The highest BCUT2D eigenvalue weighted by molar-refractivity contribution is 6.03. The van der Waals surface area contributed by atoms with E-state index in [4.69, 9.17) is 14.2 Å². The van der Waals surface area contributed by atoms with Gasteiger partial charge in [-0.2, -0.15) is 5.10 Å². The summed E-state index contributed by atoms with van der Waals surface area (Å²) in [6, 6.07) is 15.1. The van der Waals surface area contributed by atoms with E-state index in [-0.39, 0.29) is 12.0 Å². The van der Waals surface area contributed by atoms with Crippen molar-refractivity contribution in [3.8, 4) is 22.8 Å². The summed E-state index contributed by atoms with van der Waals surface area (Å²) in [7, 11) is 6.70. The van der Waals surface area contributed by atoms with Crippen molar-refractivity contribution in [1.82, 2.24) is 9.78 Å². The number of hydrogen-bond acceptors (Lipinski definition) is 6. The van der Waals surface area contributed by atoms with E-state index in [9.17, 15) is 4.79 Å². The van der Waals surface area contributed by atoms with Crippen molar-refractivity contribution in [2.45, 2.75) is 12.5 Å². The van der Waals surface area contributed by atoms with Gasteiger partial charge in [0.25, 0.3) is 5.91 Å². The molecule has 8 nitrogen and oxygen atoms in total. The zero-order valence-corrected chi connectivity index (χ0v) is 18.8. The number of benzene rings is 2. The Bertz CT molecular complexity index is 1090. The van der Waals surface area contributed by atoms with Crippen molar-refractivity contribution in [3.05, 3.63) is 54.2 Å². The maximum Gasteiger partial charge on any atom is 0.273 e. The van der Waals surface area contributed by atoms with Gasteiger partial charge in [0, 0.05) is 44.2 Å². The predicted octanol–water partition coefficient (Wildman–Crippen LogP) is 3.58. The highest BCUT2D eigenvalue weighted by Crippen LogP contribution is 2.33. The number of nitrogens with one attached hydrogen (secondary N) is 1. The Kier molecular flexibility index (Phi) is 6.32. The summed E-state index contributed by atoms with van der Waals surface area (Å²) in [4.78, 5) is 15.2. The Hall–Kier alpha value is -3.52. The monoisotopic (exact) mass is 436 g/mol. The molecular formula is C24H28N4O4. The molecule has 1 amide bonds. The van der Waals surface area contributed by atoms with Crippen LogP contribution in [0.4, 0.5) is 11.4 Å². The second-order valence-corrected chi connectivity index (χ2v) is 7.70. The van der Waals surface area contributed by atoms with Gasteiger partial charge in [-0.05, 0) is 55.0 Å². The van der Waals surface area contributed by atoms with Gasteiger partial charge in [-0.3, -0.25) is 9.48 Å². The van der Waals surface area contributed by atoms with Crippen LogP contribution in [-0.4, -0.2) is 56.2 Å². The molecule has 2 aromatic carbocycles. The maximum absolute atomic E-state index is 12.9. The highest BCUT2D eigenvalue weighted by atomic mass is 16.5. The van der Waals surface area contributed by atoms with E-state index in [0.29, 0.717) is 22.9 Å². The first-order chi connectivity index (χ1) is 15.5. The topological polar surface area (TPSA) is 77.9 Å². The van der Waals surface area contributed by atoms with Gasteiger partial charge in [0.05, 0.1) is 26.0 Å². The van der Waals surface area contributed by atoms with Crippen LogP contribution in [0.25, 0.3) is 11.3 Å². The first-order valence-corrected chi connectivity index (χ1v) is 10.5. The van der Waals surface area contributed by atoms with Gasteiger partial charge in [-0.15, -0.1) is 0 Å². The number of aryl methyl sites for hydroxylation is 1. The number of aromatic nitrogens is 2. The predicted molar refractivity (Wildman–Crippen MR) is 124 cm³/mol. The third kappa shape index (κ3) is 4.40. The third-order valence-electron chi connectivity index (χ3n) is 5.76. The van der Waals surface area contributed by atoms with Crippen molar-refractivity contribution >= 4 is 17.3 Å². The van der Waals surface area contributed by atoms with Crippen LogP contribution in [-0.2, 0) is 11.8 Å². The van der Waals surface area contributed by atoms with Crippen LogP contribution in [0.3, 0.4) is 0 Å². The highest BCUT2D eigenvalue weighted by Gasteiger charge is 2.22. The first-order valence-electron chi connectivity index (χ1n) is 10.5. The molecule has 0 spiro atoms. The molecule has 4 rings (SSSR count). The van der Waals surface area contributed by atoms with Crippen LogP contribution in [0.2, 0.25) is 0 Å². The molecular weight excluding hydrogens is 408 g/mol. The zero-order valence-electron chi connectivity index (χ0n) is 18.8. The molecule has 1 aliphatic rings. The first kappa shape index (κ1) is 21.7. The lowest BCUT2D eigenvalue weighted by Gasteiger charge is -2.18. The second-order valence-electron chi connectivity index (χ2n) is 7.70. The van der Waals surface area contributed by atoms with Crippen LogP contribution in [0.15, 0.2) is 48.5 Å². The lowest BCUT2D eigenvalue weighted by Crippen LogP contribution is -2.22. The van der Waals surface area contributed by atoms with Crippen molar-refractivity contribution < 1.29 is 19.0 Å². The van der Waals surface area contributed by atoms with Crippen LogP contribution >= 0.6 is 0 Å². The fourth-order valence-electron chi connectivity index (χ4n) is 3.93. The molecule has 1 saturated heterocycles. The smallest absolute Gasteiger partial charge is 0.273 e. The summed E-state index contributed by atoms with van der Waals surface area (Å²) in [6.07, 6.45) is 1.30. The standard InChI is InChI=1S/C24H28N4O4/c1-27-22(14-21(26-27)20-13-18(30-2)9-10-23(20)32-4)24(29)25-16-5-7-17(8-6-16)28-12-11-19(15-28)31-3/h5-10,13-14,19H,11-12,15H2,1-4H3,(H,25,29)/t19-/m0/s1. The van der Waals surface area contributed by atoms with E-state index >= 15 is 0 Å². The summed E-state index contributed by atoms with van der Waals surface area (Å²) in [5.41, 5.74) is 3.67. The van der Waals surface area contributed by atoms with E-state index in [2.05, 4.69) is 15.3 Å². The SMILES string of the molecule is COc1ccc(OC)c(-c2cc(C(=O)Nc3ccc(N4CC[C@H](OC)C4)cc3)n(C)n2)c1. The molecule has 0 saturated carbocycles. The molecule has 1 aliphatic heterocycles. The van der Waals surface area contributed by atoms with Crippen molar-refractivity contribution in [1.29, 1.82) is 0 Å². The Balaban J connectivity index is 1.50.